The fraction of sp³-hybridized carbons (Fsp3) is 0.600. The lowest BCUT2D eigenvalue weighted by Gasteiger charge is -2.37. The number of rotatable bonds is 4. The molecule has 3 unspecified atom stereocenters. The Balaban J connectivity index is 1.96. The van der Waals surface area contributed by atoms with Crippen LogP contribution in [0.3, 0.4) is 0 Å². The summed E-state index contributed by atoms with van der Waals surface area (Å²) in [6.07, 6.45) is 2.48. The zero-order chi connectivity index (χ0) is 15.4. The molecule has 0 saturated carbocycles. The maximum atomic E-state index is 12.4. The summed E-state index contributed by atoms with van der Waals surface area (Å²) in [5.74, 6) is -0.919. The molecule has 0 spiro atoms. The summed E-state index contributed by atoms with van der Waals surface area (Å²) >= 11 is 1.66. The SMILES string of the molecule is CC(Cc1cccs1)NC(=O)N1CCCC(C)C1C(=O)O. The van der Waals surface area contributed by atoms with Crippen LogP contribution in [0.4, 0.5) is 4.79 Å². The Labute approximate surface area is 129 Å². The van der Waals surface area contributed by atoms with Crippen LogP contribution in [0.15, 0.2) is 17.5 Å². The fourth-order valence-electron chi connectivity index (χ4n) is 2.87. The maximum absolute atomic E-state index is 12.4. The highest BCUT2D eigenvalue weighted by Crippen LogP contribution is 2.23. The van der Waals surface area contributed by atoms with Crippen LogP contribution in [-0.4, -0.2) is 40.6 Å². The van der Waals surface area contributed by atoms with Crippen molar-refractivity contribution in [3.8, 4) is 0 Å². The molecule has 0 aliphatic carbocycles. The molecule has 2 heterocycles. The molecule has 1 aromatic heterocycles. The second kappa shape index (κ2) is 6.93. The van der Waals surface area contributed by atoms with Crippen LogP contribution in [0.5, 0.6) is 0 Å². The first-order chi connectivity index (χ1) is 9.99. The largest absolute Gasteiger partial charge is 0.480 e. The number of carboxylic acids is 1. The number of nitrogens with one attached hydrogen (secondary N) is 1. The van der Waals surface area contributed by atoms with E-state index in [9.17, 15) is 14.7 Å². The number of nitrogens with zero attached hydrogens (tertiary/aromatic N) is 1. The molecule has 1 aliphatic heterocycles. The van der Waals surface area contributed by atoms with E-state index in [1.807, 2.05) is 31.4 Å². The molecule has 3 atom stereocenters. The van der Waals surface area contributed by atoms with Crippen LogP contribution in [0, 0.1) is 5.92 Å². The minimum Gasteiger partial charge on any atom is -0.480 e. The van der Waals surface area contributed by atoms with Crippen LogP contribution >= 0.6 is 11.3 Å². The van der Waals surface area contributed by atoms with Crippen molar-refractivity contribution in [3.05, 3.63) is 22.4 Å². The summed E-state index contributed by atoms with van der Waals surface area (Å²) in [5, 5.41) is 14.3. The third kappa shape index (κ3) is 3.97. The summed E-state index contributed by atoms with van der Waals surface area (Å²) in [6.45, 7) is 4.35. The van der Waals surface area contributed by atoms with E-state index in [1.165, 1.54) is 9.78 Å². The molecule has 2 rings (SSSR count). The zero-order valence-electron chi connectivity index (χ0n) is 12.4. The lowest BCUT2D eigenvalue weighted by molar-refractivity contribution is -0.145. The average Bonchev–Trinajstić information content (AvgIpc) is 2.90. The lowest BCUT2D eigenvalue weighted by atomic mass is 9.91. The van der Waals surface area contributed by atoms with Crippen molar-refractivity contribution >= 4 is 23.3 Å². The summed E-state index contributed by atoms with van der Waals surface area (Å²) < 4.78 is 0. The van der Waals surface area contributed by atoms with Gasteiger partial charge in [0.15, 0.2) is 0 Å². The Bertz CT molecular complexity index is 489. The normalized spacial score (nSPS) is 23.6. The van der Waals surface area contributed by atoms with Crippen molar-refractivity contribution in [2.75, 3.05) is 6.54 Å². The smallest absolute Gasteiger partial charge is 0.326 e. The Kier molecular flexibility index (Phi) is 5.22. The predicted octanol–water partition coefficient (Wildman–Crippen LogP) is 2.57. The number of likely N-dealkylation sites (tertiary alicyclic amines) is 1. The standard InChI is InChI=1S/C15H22N2O3S/c1-10-5-3-7-17(13(10)14(18)19)15(20)16-11(2)9-12-6-4-8-21-12/h4,6,8,10-11,13H,3,5,7,9H2,1-2H3,(H,16,20)(H,18,19). The molecular formula is C15H22N2O3S. The number of piperidine rings is 1. The third-order valence-corrected chi connectivity index (χ3v) is 4.80. The van der Waals surface area contributed by atoms with Crippen LogP contribution in [0.1, 0.15) is 31.6 Å². The van der Waals surface area contributed by atoms with Crippen molar-refractivity contribution in [3.63, 3.8) is 0 Å². The number of amides is 2. The van der Waals surface area contributed by atoms with E-state index >= 15 is 0 Å². The Morgan fingerprint density at radius 3 is 2.95 bits per heavy atom. The summed E-state index contributed by atoms with van der Waals surface area (Å²) in [6, 6.07) is 3.03. The number of aliphatic carboxylic acids is 1. The second-order valence-electron chi connectivity index (χ2n) is 5.73. The van der Waals surface area contributed by atoms with Gasteiger partial charge in [-0.3, -0.25) is 0 Å². The van der Waals surface area contributed by atoms with Gasteiger partial charge in [-0.05, 0) is 37.1 Å². The Hall–Kier alpha value is -1.56. The van der Waals surface area contributed by atoms with Crippen molar-refractivity contribution in [1.29, 1.82) is 0 Å². The van der Waals surface area contributed by atoms with Crippen LogP contribution in [-0.2, 0) is 11.2 Å². The van der Waals surface area contributed by atoms with Crippen LogP contribution in [0.2, 0.25) is 0 Å². The van der Waals surface area contributed by atoms with E-state index in [1.54, 1.807) is 11.3 Å². The number of carbonyl (C=O) groups is 2. The quantitative estimate of drug-likeness (QED) is 0.898. The molecule has 1 saturated heterocycles. The van der Waals surface area contributed by atoms with Gasteiger partial charge in [0, 0.05) is 23.9 Å². The first-order valence-corrected chi connectivity index (χ1v) is 8.19. The molecule has 2 N–H and O–H groups in total. The lowest BCUT2D eigenvalue weighted by Crippen LogP contribution is -2.56. The van der Waals surface area contributed by atoms with Gasteiger partial charge < -0.3 is 15.3 Å². The first-order valence-electron chi connectivity index (χ1n) is 7.31. The third-order valence-electron chi connectivity index (χ3n) is 3.90. The number of carbonyl (C=O) groups excluding carboxylic acids is 1. The van der Waals surface area contributed by atoms with Gasteiger partial charge in [-0.1, -0.05) is 13.0 Å². The van der Waals surface area contributed by atoms with Gasteiger partial charge in [0.2, 0.25) is 0 Å². The maximum Gasteiger partial charge on any atom is 0.326 e. The molecule has 21 heavy (non-hydrogen) atoms. The van der Waals surface area contributed by atoms with Gasteiger partial charge in [-0.15, -0.1) is 11.3 Å². The number of hydrogen-bond acceptors (Lipinski definition) is 3. The molecule has 0 bridgehead atoms. The topological polar surface area (TPSA) is 69.6 Å². The van der Waals surface area contributed by atoms with E-state index in [0.29, 0.717) is 6.54 Å². The highest BCUT2D eigenvalue weighted by atomic mass is 32.1. The van der Waals surface area contributed by atoms with E-state index in [4.69, 9.17) is 0 Å². The number of urea groups is 1. The van der Waals surface area contributed by atoms with Gasteiger partial charge in [0.1, 0.15) is 6.04 Å². The second-order valence-corrected chi connectivity index (χ2v) is 6.76. The van der Waals surface area contributed by atoms with Gasteiger partial charge in [-0.25, -0.2) is 9.59 Å². The monoisotopic (exact) mass is 310 g/mol. The van der Waals surface area contributed by atoms with Gasteiger partial charge in [-0.2, -0.15) is 0 Å². The Morgan fingerprint density at radius 2 is 2.33 bits per heavy atom. The number of hydrogen-bond donors (Lipinski definition) is 2. The fourth-order valence-corrected chi connectivity index (χ4v) is 3.70. The molecule has 0 radical (unpaired) electrons. The van der Waals surface area contributed by atoms with Crippen molar-refractivity contribution < 1.29 is 14.7 Å². The highest BCUT2D eigenvalue weighted by molar-refractivity contribution is 7.09. The van der Waals surface area contributed by atoms with Crippen LogP contribution in [0.25, 0.3) is 0 Å². The van der Waals surface area contributed by atoms with E-state index in [2.05, 4.69) is 5.32 Å². The summed E-state index contributed by atoms with van der Waals surface area (Å²) in [4.78, 5) is 26.4. The number of carboxylic acid groups (broad SMARTS) is 1. The molecular weight excluding hydrogens is 288 g/mol. The minimum absolute atomic E-state index is 0.00500. The highest BCUT2D eigenvalue weighted by Gasteiger charge is 2.37. The molecule has 6 heteroatoms. The van der Waals surface area contributed by atoms with E-state index in [0.717, 1.165) is 19.3 Å². The van der Waals surface area contributed by atoms with E-state index < -0.39 is 12.0 Å². The van der Waals surface area contributed by atoms with Crippen LogP contribution < -0.4 is 5.32 Å². The van der Waals surface area contributed by atoms with Gasteiger partial charge in [0.25, 0.3) is 0 Å². The van der Waals surface area contributed by atoms with Gasteiger partial charge >= 0.3 is 12.0 Å². The summed E-state index contributed by atoms with van der Waals surface area (Å²) in [7, 11) is 0. The molecule has 5 nitrogen and oxygen atoms in total. The first kappa shape index (κ1) is 15.8. The van der Waals surface area contributed by atoms with Gasteiger partial charge in [0.05, 0.1) is 0 Å². The molecule has 0 aromatic carbocycles. The average molecular weight is 310 g/mol. The Morgan fingerprint density at radius 1 is 1.57 bits per heavy atom. The molecule has 1 fully saturated rings. The minimum atomic E-state index is -0.914. The van der Waals surface area contributed by atoms with E-state index in [-0.39, 0.29) is 18.0 Å². The predicted molar refractivity (Wildman–Crippen MR) is 82.5 cm³/mol. The van der Waals surface area contributed by atoms with Crippen molar-refractivity contribution in [2.24, 2.45) is 5.92 Å². The molecule has 2 amide bonds. The molecule has 1 aliphatic rings. The summed E-state index contributed by atoms with van der Waals surface area (Å²) in [5.41, 5.74) is 0. The van der Waals surface area contributed by atoms with Crippen molar-refractivity contribution in [1.82, 2.24) is 10.2 Å². The molecule has 1 aromatic rings. The number of thiophene rings is 1. The van der Waals surface area contributed by atoms with Crippen molar-refractivity contribution in [2.45, 2.75) is 45.2 Å². The molecule has 116 valence electrons. The zero-order valence-corrected chi connectivity index (χ0v) is 13.2.